The van der Waals surface area contributed by atoms with Gasteiger partial charge in [0.2, 0.25) is 5.91 Å². The van der Waals surface area contributed by atoms with E-state index < -0.39 is 0 Å². The van der Waals surface area contributed by atoms with E-state index in [4.69, 9.17) is 4.74 Å². The number of rotatable bonds is 5. The van der Waals surface area contributed by atoms with E-state index in [-0.39, 0.29) is 0 Å². The Bertz CT molecular complexity index is 849. The Morgan fingerprint density at radius 1 is 0.931 bits per heavy atom. The molecule has 2 aromatic rings. The summed E-state index contributed by atoms with van der Waals surface area (Å²) >= 11 is 0. The van der Waals surface area contributed by atoms with Crippen LogP contribution >= 0.6 is 0 Å². The van der Waals surface area contributed by atoms with Crippen molar-refractivity contribution in [3.05, 3.63) is 60.2 Å². The van der Waals surface area contributed by atoms with E-state index in [0.29, 0.717) is 23.8 Å². The summed E-state index contributed by atoms with van der Waals surface area (Å²) < 4.78 is 6.02. The zero-order valence-corrected chi connectivity index (χ0v) is 17.0. The molecular weight excluding hydrogens is 360 g/mol. The molecule has 4 heteroatoms. The second-order valence-corrected chi connectivity index (χ2v) is 8.85. The SMILES string of the molecule is O=C(C1CC1)N1CC[C@H]2[C@H](CCCN2Cc2cccc(Oc3ccccc3)c2)C1. The predicted octanol–water partition coefficient (Wildman–Crippen LogP) is 4.70. The number of ether oxygens (including phenoxy) is 1. The minimum absolute atomic E-state index is 0.346. The number of hydrogen-bond donors (Lipinski definition) is 0. The summed E-state index contributed by atoms with van der Waals surface area (Å²) in [6, 6.07) is 19.0. The Kier molecular flexibility index (Phi) is 5.28. The Morgan fingerprint density at radius 3 is 2.59 bits per heavy atom. The van der Waals surface area contributed by atoms with Gasteiger partial charge >= 0.3 is 0 Å². The van der Waals surface area contributed by atoms with Crippen LogP contribution in [-0.2, 0) is 11.3 Å². The van der Waals surface area contributed by atoms with Gasteiger partial charge in [-0.3, -0.25) is 9.69 Å². The van der Waals surface area contributed by atoms with Gasteiger partial charge < -0.3 is 9.64 Å². The van der Waals surface area contributed by atoms with Crippen molar-refractivity contribution >= 4 is 5.91 Å². The molecule has 0 unspecified atom stereocenters. The highest BCUT2D eigenvalue weighted by atomic mass is 16.5. The highest BCUT2D eigenvalue weighted by Crippen LogP contribution is 2.36. The topological polar surface area (TPSA) is 32.8 Å². The van der Waals surface area contributed by atoms with Gasteiger partial charge in [-0.2, -0.15) is 0 Å². The van der Waals surface area contributed by atoms with Crippen LogP contribution in [0.4, 0.5) is 0 Å². The van der Waals surface area contributed by atoms with Crippen molar-refractivity contribution < 1.29 is 9.53 Å². The first-order valence-corrected chi connectivity index (χ1v) is 11.1. The molecule has 3 aliphatic rings. The quantitative estimate of drug-likeness (QED) is 0.742. The van der Waals surface area contributed by atoms with Crippen molar-refractivity contribution in [1.29, 1.82) is 0 Å². The number of nitrogens with zero attached hydrogens (tertiary/aromatic N) is 2. The minimum atomic E-state index is 0.346. The van der Waals surface area contributed by atoms with Gasteiger partial charge in [-0.15, -0.1) is 0 Å². The molecule has 29 heavy (non-hydrogen) atoms. The van der Waals surface area contributed by atoms with Gasteiger partial charge in [-0.1, -0.05) is 30.3 Å². The molecule has 2 aromatic carbocycles. The molecule has 1 aliphatic carbocycles. The molecule has 0 radical (unpaired) electrons. The summed E-state index contributed by atoms with van der Waals surface area (Å²) in [5.74, 6) is 3.16. The lowest BCUT2D eigenvalue weighted by atomic mass is 9.83. The third-order valence-electron chi connectivity index (χ3n) is 6.68. The molecule has 2 atom stereocenters. The zero-order chi connectivity index (χ0) is 19.6. The summed E-state index contributed by atoms with van der Waals surface area (Å²) in [5.41, 5.74) is 1.30. The van der Waals surface area contributed by atoms with E-state index in [0.717, 1.165) is 56.9 Å². The van der Waals surface area contributed by atoms with Crippen LogP contribution in [0.25, 0.3) is 0 Å². The Labute approximate surface area is 173 Å². The molecule has 1 amide bonds. The van der Waals surface area contributed by atoms with Crippen LogP contribution in [0.3, 0.4) is 0 Å². The molecule has 0 spiro atoms. The molecule has 2 saturated heterocycles. The molecule has 152 valence electrons. The van der Waals surface area contributed by atoms with E-state index in [1.807, 2.05) is 36.4 Å². The second kappa shape index (κ2) is 8.19. The third-order valence-corrected chi connectivity index (χ3v) is 6.68. The van der Waals surface area contributed by atoms with Crippen LogP contribution in [0.15, 0.2) is 54.6 Å². The number of benzene rings is 2. The Hall–Kier alpha value is -2.33. The number of fused-ring (bicyclic) bond motifs is 1. The van der Waals surface area contributed by atoms with Crippen molar-refractivity contribution in [2.75, 3.05) is 19.6 Å². The molecule has 0 bridgehead atoms. The first-order chi connectivity index (χ1) is 14.3. The van der Waals surface area contributed by atoms with Gasteiger partial charge in [0.25, 0.3) is 0 Å². The average molecular weight is 391 g/mol. The van der Waals surface area contributed by atoms with E-state index in [9.17, 15) is 4.79 Å². The van der Waals surface area contributed by atoms with Crippen LogP contribution < -0.4 is 4.74 Å². The normalized spacial score (nSPS) is 24.8. The van der Waals surface area contributed by atoms with Crippen LogP contribution in [0.2, 0.25) is 0 Å². The number of carbonyl (C=O) groups is 1. The number of likely N-dealkylation sites (tertiary alicyclic amines) is 2. The molecular formula is C25H30N2O2. The first kappa shape index (κ1) is 18.7. The molecule has 0 N–H and O–H groups in total. The van der Waals surface area contributed by atoms with E-state index in [2.05, 4.69) is 28.0 Å². The summed E-state index contributed by atoms with van der Waals surface area (Å²) in [4.78, 5) is 17.3. The summed E-state index contributed by atoms with van der Waals surface area (Å²) in [6.45, 7) is 4.02. The second-order valence-electron chi connectivity index (χ2n) is 8.85. The lowest BCUT2D eigenvalue weighted by Gasteiger charge is -2.47. The van der Waals surface area contributed by atoms with Crippen molar-refractivity contribution in [1.82, 2.24) is 9.80 Å². The fourth-order valence-corrected chi connectivity index (χ4v) is 5.06. The van der Waals surface area contributed by atoms with Crippen LogP contribution in [0, 0.1) is 11.8 Å². The van der Waals surface area contributed by atoms with Crippen LogP contribution in [-0.4, -0.2) is 41.4 Å². The van der Waals surface area contributed by atoms with Gasteiger partial charge in [0.1, 0.15) is 11.5 Å². The van der Waals surface area contributed by atoms with E-state index >= 15 is 0 Å². The van der Waals surface area contributed by atoms with Gasteiger partial charge in [-0.25, -0.2) is 0 Å². The van der Waals surface area contributed by atoms with Crippen molar-refractivity contribution in [3.8, 4) is 11.5 Å². The fourth-order valence-electron chi connectivity index (χ4n) is 5.06. The highest BCUT2D eigenvalue weighted by Gasteiger charge is 2.40. The largest absolute Gasteiger partial charge is 0.457 e. The minimum Gasteiger partial charge on any atom is -0.457 e. The lowest BCUT2D eigenvalue weighted by Crippen LogP contribution is -2.55. The maximum absolute atomic E-state index is 12.5. The van der Waals surface area contributed by atoms with Gasteiger partial charge in [0.05, 0.1) is 0 Å². The highest BCUT2D eigenvalue weighted by molar-refractivity contribution is 5.81. The zero-order valence-electron chi connectivity index (χ0n) is 17.0. The predicted molar refractivity (Wildman–Crippen MR) is 114 cm³/mol. The van der Waals surface area contributed by atoms with Gasteiger partial charge in [-0.05, 0) is 74.4 Å². The van der Waals surface area contributed by atoms with E-state index in [1.54, 1.807) is 0 Å². The number of amides is 1. The smallest absolute Gasteiger partial charge is 0.225 e. The van der Waals surface area contributed by atoms with Crippen molar-refractivity contribution in [3.63, 3.8) is 0 Å². The number of piperidine rings is 2. The van der Waals surface area contributed by atoms with Crippen molar-refractivity contribution in [2.45, 2.75) is 44.7 Å². The number of carbonyl (C=O) groups excluding carboxylic acids is 1. The standard InChI is InChI=1S/C25H30N2O2/c28-25(20-11-12-20)27-15-13-24-21(18-27)7-5-14-26(24)17-19-6-4-10-23(16-19)29-22-8-2-1-3-9-22/h1-4,6,8-10,16,20-21,24H,5,7,11-15,17-18H2/t21-,24+/m1/s1. The van der Waals surface area contributed by atoms with Crippen LogP contribution in [0.1, 0.15) is 37.7 Å². The molecule has 5 rings (SSSR count). The molecule has 0 aromatic heterocycles. The van der Waals surface area contributed by atoms with Crippen LogP contribution in [0.5, 0.6) is 11.5 Å². The Balaban J connectivity index is 1.23. The molecule has 3 fully saturated rings. The summed E-state index contributed by atoms with van der Waals surface area (Å²) in [5, 5.41) is 0. The maximum Gasteiger partial charge on any atom is 0.225 e. The first-order valence-electron chi connectivity index (χ1n) is 11.1. The fraction of sp³-hybridized carbons (Fsp3) is 0.480. The summed E-state index contributed by atoms with van der Waals surface area (Å²) in [7, 11) is 0. The number of para-hydroxylation sites is 1. The lowest BCUT2D eigenvalue weighted by molar-refractivity contribution is -0.136. The molecule has 2 aliphatic heterocycles. The van der Waals surface area contributed by atoms with Gasteiger partial charge in [0.15, 0.2) is 0 Å². The molecule has 4 nitrogen and oxygen atoms in total. The van der Waals surface area contributed by atoms with E-state index in [1.165, 1.54) is 18.4 Å². The number of hydrogen-bond acceptors (Lipinski definition) is 3. The molecule has 1 saturated carbocycles. The average Bonchev–Trinajstić information content (AvgIpc) is 3.60. The van der Waals surface area contributed by atoms with Gasteiger partial charge in [0, 0.05) is 31.6 Å². The summed E-state index contributed by atoms with van der Waals surface area (Å²) in [6.07, 6.45) is 5.82. The monoisotopic (exact) mass is 390 g/mol. The molecule has 2 heterocycles. The Morgan fingerprint density at radius 2 is 1.76 bits per heavy atom. The maximum atomic E-state index is 12.5. The third kappa shape index (κ3) is 4.32. The van der Waals surface area contributed by atoms with Crippen molar-refractivity contribution in [2.24, 2.45) is 11.8 Å².